The summed E-state index contributed by atoms with van der Waals surface area (Å²) in [5.74, 6) is 0. The average Bonchev–Trinajstić information content (AvgIpc) is 2.99. The van der Waals surface area contributed by atoms with Gasteiger partial charge in [-0.1, -0.05) is 0 Å². The Morgan fingerprint density at radius 2 is 1.89 bits per heavy atom. The largest absolute Gasteiger partial charge is 0.310 e. The molecule has 19 heavy (non-hydrogen) atoms. The van der Waals surface area contributed by atoms with Crippen molar-refractivity contribution < 1.29 is 0 Å². The highest BCUT2D eigenvalue weighted by Gasteiger charge is 2.22. The normalized spacial score (nSPS) is 20.3. The molecule has 1 aliphatic heterocycles. The standard InChI is InChI=1S/C15H26N4/c1-12-15(11-16-14-5-6-14)13(2)19(17-12)10-9-18-7-3-4-8-18/h14,16H,3-11H2,1-2H3. The van der Waals surface area contributed by atoms with E-state index in [4.69, 9.17) is 5.10 Å². The summed E-state index contributed by atoms with van der Waals surface area (Å²) in [6.45, 7) is 10.1. The molecule has 1 saturated carbocycles. The van der Waals surface area contributed by atoms with Gasteiger partial charge in [-0.25, -0.2) is 0 Å². The highest BCUT2D eigenvalue weighted by atomic mass is 15.3. The molecule has 1 aromatic rings. The predicted octanol–water partition coefficient (Wildman–Crippen LogP) is 1.85. The summed E-state index contributed by atoms with van der Waals surface area (Å²) in [7, 11) is 0. The molecular formula is C15H26N4. The maximum atomic E-state index is 4.72. The average molecular weight is 262 g/mol. The fraction of sp³-hybridized carbons (Fsp3) is 0.800. The molecule has 2 fully saturated rings. The summed E-state index contributed by atoms with van der Waals surface area (Å²) in [6, 6.07) is 0.770. The van der Waals surface area contributed by atoms with Gasteiger partial charge in [0, 0.05) is 30.4 Å². The van der Waals surface area contributed by atoms with Crippen molar-refractivity contribution in [3.8, 4) is 0 Å². The van der Waals surface area contributed by atoms with Crippen LogP contribution in [0.3, 0.4) is 0 Å². The third-order valence-electron chi connectivity index (χ3n) is 4.50. The first-order chi connectivity index (χ1) is 9.24. The van der Waals surface area contributed by atoms with Gasteiger partial charge >= 0.3 is 0 Å². The number of hydrogen-bond acceptors (Lipinski definition) is 3. The number of aryl methyl sites for hydroxylation is 1. The molecule has 1 N–H and O–H groups in total. The van der Waals surface area contributed by atoms with Crippen LogP contribution in [0.25, 0.3) is 0 Å². The molecular weight excluding hydrogens is 236 g/mol. The minimum Gasteiger partial charge on any atom is -0.310 e. The fourth-order valence-electron chi connectivity index (χ4n) is 2.98. The van der Waals surface area contributed by atoms with Crippen LogP contribution in [-0.2, 0) is 13.1 Å². The number of nitrogens with one attached hydrogen (secondary N) is 1. The summed E-state index contributed by atoms with van der Waals surface area (Å²) in [5.41, 5.74) is 3.96. The molecule has 0 amide bonds. The van der Waals surface area contributed by atoms with Crippen LogP contribution in [0, 0.1) is 13.8 Å². The van der Waals surface area contributed by atoms with E-state index in [2.05, 4.69) is 28.7 Å². The number of hydrogen-bond donors (Lipinski definition) is 1. The van der Waals surface area contributed by atoms with E-state index in [9.17, 15) is 0 Å². The minimum absolute atomic E-state index is 0.770. The number of rotatable bonds is 6. The quantitative estimate of drug-likeness (QED) is 0.849. The molecule has 106 valence electrons. The maximum absolute atomic E-state index is 4.72. The second kappa shape index (κ2) is 5.63. The summed E-state index contributed by atoms with van der Waals surface area (Å²) < 4.78 is 2.21. The monoisotopic (exact) mass is 262 g/mol. The summed E-state index contributed by atoms with van der Waals surface area (Å²) in [6.07, 6.45) is 5.43. The summed E-state index contributed by atoms with van der Waals surface area (Å²) >= 11 is 0. The topological polar surface area (TPSA) is 33.1 Å². The van der Waals surface area contributed by atoms with Crippen molar-refractivity contribution in [2.24, 2.45) is 0 Å². The zero-order chi connectivity index (χ0) is 13.2. The molecule has 0 unspecified atom stereocenters. The minimum atomic E-state index is 0.770. The molecule has 2 aliphatic rings. The molecule has 1 aliphatic carbocycles. The Bertz CT molecular complexity index is 428. The van der Waals surface area contributed by atoms with Crippen molar-refractivity contribution in [1.82, 2.24) is 20.0 Å². The Morgan fingerprint density at radius 1 is 1.16 bits per heavy atom. The molecule has 4 nitrogen and oxygen atoms in total. The van der Waals surface area contributed by atoms with Crippen LogP contribution >= 0.6 is 0 Å². The molecule has 0 spiro atoms. The van der Waals surface area contributed by atoms with Crippen LogP contribution in [0.5, 0.6) is 0 Å². The first kappa shape index (κ1) is 13.1. The van der Waals surface area contributed by atoms with Gasteiger partial charge in [0.05, 0.1) is 12.2 Å². The van der Waals surface area contributed by atoms with Gasteiger partial charge in [-0.3, -0.25) is 4.68 Å². The van der Waals surface area contributed by atoms with E-state index < -0.39 is 0 Å². The lowest BCUT2D eigenvalue weighted by atomic mass is 10.2. The van der Waals surface area contributed by atoms with Crippen molar-refractivity contribution in [3.05, 3.63) is 17.0 Å². The van der Waals surface area contributed by atoms with E-state index in [1.165, 1.54) is 55.7 Å². The van der Waals surface area contributed by atoms with E-state index in [1.807, 2.05) is 0 Å². The van der Waals surface area contributed by atoms with Crippen LogP contribution in [0.4, 0.5) is 0 Å². The van der Waals surface area contributed by atoms with Gasteiger partial charge in [0.1, 0.15) is 0 Å². The third-order valence-corrected chi connectivity index (χ3v) is 4.50. The lowest BCUT2D eigenvalue weighted by molar-refractivity contribution is 0.314. The highest BCUT2D eigenvalue weighted by Crippen LogP contribution is 2.21. The Kier molecular flexibility index (Phi) is 3.89. The van der Waals surface area contributed by atoms with Gasteiger partial charge in [0.15, 0.2) is 0 Å². The molecule has 1 aromatic heterocycles. The smallest absolute Gasteiger partial charge is 0.0641 e. The second-order valence-electron chi connectivity index (χ2n) is 6.08. The Hall–Kier alpha value is -0.870. The number of aromatic nitrogens is 2. The van der Waals surface area contributed by atoms with E-state index >= 15 is 0 Å². The van der Waals surface area contributed by atoms with Gasteiger partial charge < -0.3 is 10.2 Å². The first-order valence-electron chi connectivity index (χ1n) is 7.72. The zero-order valence-electron chi connectivity index (χ0n) is 12.3. The molecule has 1 saturated heterocycles. The van der Waals surface area contributed by atoms with Crippen LogP contribution in [-0.4, -0.2) is 40.4 Å². The Morgan fingerprint density at radius 3 is 2.58 bits per heavy atom. The Balaban J connectivity index is 1.58. The van der Waals surface area contributed by atoms with Gasteiger partial charge in [-0.15, -0.1) is 0 Å². The van der Waals surface area contributed by atoms with Gasteiger partial charge in [0.25, 0.3) is 0 Å². The van der Waals surface area contributed by atoms with Crippen molar-refractivity contribution in [2.75, 3.05) is 19.6 Å². The molecule has 0 aromatic carbocycles. The third kappa shape index (κ3) is 3.18. The van der Waals surface area contributed by atoms with Gasteiger partial charge in [-0.05, 0) is 52.6 Å². The van der Waals surface area contributed by atoms with Crippen molar-refractivity contribution in [2.45, 2.75) is 58.7 Å². The van der Waals surface area contributed by atoms with Crippen LogP contribution in [0.15, 0.2) is 0 Å². The van der Waals surface area contributed by atoms with Crippen molar-refractivity contribution in [1.29, 1.82) is 0 Å². The summed E-state index contributed by atoms with van der Waals surface area (Å²) in [5, 5.41) is 8.32. The Labute approximate surface area is 116 Å². The van der Waals surface area contributed by atoms with E-state index in [0.717, 1.165) is 25.7 Å². The molecule has 2 heterocycles. The lowest BCUT2D eigenvalue weighted by Gasteiger charge is -2.15. The maximum Gasteiger partial charge on any atom is 0.0641 e. The highest BCUT2D eigenvalue weighted by molar-refractivity contribution is 5.24. The molecule has 4 heteroatoms. The van der Waals surface area contributed by atoms with E-state index in [0.29, 0.717) is 0 Å². The van der Waals surface area contributed by atoms with E-state index in [1.54, 1.807) is 0 Å². The second-order valence-corrected chi connectivity index (χ2v) is 6.08. The van der Waals surface area contributed by atoms with E-state index in [-0.39, 0.29) is 0 Å². The van der Waals surface area contributed by atoms with Crippen LogP contribution < -0.4 is 5.32 Å². The zero-order valence-corrected chi connectivity index (χ0v) is 12.3. The predicted molar refractivity (Wildman–Crippen MR) is 77.2 cm³/mol. The molecule has 0 bridgehead atoms. The van der Waals surface area contributed by atoms with Gasteiger partial charge in [-0.2, -0.15) is 5.10 Å². The number of nitrogens with zero attached hydrogens (tertiary/aromatic N) is 3. The lowest BCUT2D eigenvalue weighted by Crippen LogP contribution is -2.25. The van der Waals surface area contributed by atoms with Gasteiger partial charge in [0.2, 0.25) is 0 Å². The van der Waals surface area contributed by atoms with Crippen LogP contribution in [0.1, 0.15) is 42.6 Å². The van der Waals surface area contributed by atoms with Crippen molar-refractivity contribution >= 4 is 0 Å². The SMILES string of the molecule is Cc1nn(CCN2CCCC2)c(C)c1CNC1CC1. The number of likely N-dealkylation sites (tertiary alicyclic amines) is 1. The summed E-state index contributed by atoms with van der Waals surface area (Å²) in [4.78, 5) is 2.55. The molecule has 0 radical (unpaired) electrons. The molecule has 0 atom stereocenters. The van der Waals surface area contributed by atoms with Crippen LogP contribution in [0.2, 0.25) is 0 Å². The fourth-order valence-corrected chi connectivity index (χ4v) is 2.98. The first-order valence-corrected chi connectivity index (χ1v) is 7.72. The van der Waals surface area contributed by atoms with Crippen molar-refractivity contribution in [3.63, 3.8) is 0 Å². The molecule has 3 rings (SSSR count).